The minimum atomic E-state index is -0.231. The Morgan fingerprint density at radius 2 is 2.18 bits per heavy atom. The first-order valence-electron chi connectivity index (χ1n) is 5.10. The predicted octanol–water partition coefficient (Wildman–Crippen LogP) is 2.60. The van der Waals surface area contributed by atoms with E-state index in [1.165, 1.54) is 18.4 Å². The molecule has 0 aliphatic carbocycles. The third kappa shape index (κ3) is 3.29. The number of thiazole rings is 1. The van der Waals surface area contributed by atoms with E-state index in [1.807, 2.05) is 29.6 Å². The van der Waals surface area contributed by atoms with Gasteiger partial charge >= 0.3 is 5.97 Å². The molecule has 5 heteroatoms. The molecule has 88 valence electrons. The number of nitrogens with zero attached hydrogens (tertiary/aromatic N) is 1. The van der Waals surface area contributed by atoms with Crippen LogP contribution in [0.3, 0.4) is 0 Å². The monoisotopic (exact) mass is 248 g/mol. The third-order valence-electron chi connectivity index (χ3n) is 2.21. The van der Waals surface area contributed by atoms with Gasteiger partial charge in [-0.1, -0.05) is 12.1 Å². The summed E-state index contributed by atoms with van der Waals surface area (Å²) in [6, 6.07) is 7.62. The Kier molecular flexibility index (Phi) is 3.72. The van der Waals surface area contributed by atoms with Crippen LogP contribution in [0.1, 0.15) is 5.56 Å². The fraction of sp³-hybridized carbons (Fsp3) is 0.167. The molecule has 0 unspecified atom stereocenters. The number of hydrogen-bond donors (Lipinski definition) is 1. The van der Waals surface area contributed by atoms with Crippen LogP contribution in [0.5, 0.6) is 0 Å². The van der Waals surface area contributed by atoms with Gasteiger partial charge in [0.05, 0.1) is 13.5 Å². The topological polar surface area (TPSA) is 51.2 Å². The maximum absolute atomic E-state index is 11.1. The average Bonchev–Trinajstić information content (AvgIpc) is 2.84. The number of carbonyl (C=O) groups is 1. The van der Waals surface area contributed by atoms with Crippen LogP contribution >= 0.6 is 11.3 Å². The molecule has 0 spiro atoms. The fourth-order valence-electron chi connectivity index (χ4n) is 1.35. The molecule has 2 aromatic rings. The molecule has 2 rings (SSSR count). The highest BCUT2D eigenvalue weighted by molar-refractivity contribution is 7.13. The van der Waals surface area contributed by atoms with Crippen LogP contribution in [0, 0.1) is 0 Å². The maximum atomic E-state index is 11.1. The number of rotatable bonds is 4. The molecule has 1 aromatic carbocycles. The molecule has 4 nitrogen and oxygen atoms in total. The van der Waals surface area contributed by atoms with Crippen LogP contribution in [0.4, 0.5) is 10.8 Å². The molecule has 1 aromatic heterocycles. The zero-order chi connectivity index (χ0) is 12.1. The Morgan fingerprint density at radius 1 is 1.41 bits per heavy atom. The van der Waals surface area contributed by atoms with E-state index in [2.05, 4.69) is 15.0 Å². The van der Waals surface area contributed by atoms with Crippen LogP contribution in [-0.4, -0.2) is 18.1 Å². The van der Waals surface area contributed by atoms with Gasteiger partial charge in [-0.15, -0.1) is 11.3 Å². The fourth-order valence-corrected chi connectivity index (χ4v) is 1.90. The first-order valence-corrected chi connectivity index (χ1v) is 5.98. The smallest absolute Gasteiger partial charge is 0.309 e. The number of carbonyl (C=O) groups excluding carboxylic acids is 1. The lowest BCUT2D eigenvalue weighted by molar-refractivity contribution is -0.139. The highest BCUT2D eigenvalue weighted by atomic mass is 32.1. The number of benzene rings is 1. The Labute approximate surface area is 103 Å². The first kappa shape index (κ1) is 11.6. The van der Waals surface area contributed by atoms with Crippen molar-refractivity contribution in [1.82, 2.24) is 4.98 Å². The summed E-state index contributed by atoms with van der Waals surface area (Å²) in [6.07, 6.45) is 2.05. The van der Waals surface area contributed by atoms with Gasteiger partial charge in [0.15, 0.2) is 5.13 Å². The lowest BCUT2D eigenvalue weighted by Gasteiger charge is -2.04. The first-order chi connectivity index (χ1) is 8.28. The van der Waals surface area contributed by atoms with Gasteiger partial charge in [-0.05, 0) is 17.7 Å². The van der Waals surface area contributed by atoms with Crippen molar-refractivity contribution in [3.63, 3.8) is 0 Å². The van der Waals surface area contributed by atoms with Crippen molar-refractivity contribution in [3.8, 4) is 0 Å². The molecule has 0 aliphatic heterocycles. The number of aromatic nitrogens is 1. The van der Waals surface area contributed by atoms with Gasteiger partial charge in [0.2, 0.25) is 0 Å². The zero-order valence-corrected chi connectivity index (χ0v) is 10.2. The Balaban J connectivity index is 2.00. The van der Waals surface area contributed by atoms with E-state index >= 15 is 0 Å². The van der Waals surface area contributed by atoms with E-state index in [0.29, 0.717) is 6.42 Å². The van der Waals surface area contributed by atoms with Crippen molar-refractivity contribution < 1.29 is 9.53 Å². The highest BCUT2D eigenvalue weighted by Crippen LogP contribution is 2.18. The Morgan fingerprint density at radius 3 is 2.76 bits per heavy atom. The van der Waals surface area contributed by atoms with Crippen molar-refractivity contribution >= 4 is 28.1 Å². The molecule has 0 amide bonds. The lowest BCUT2D eigenvalue weighted by atomic mass is 10.1. The molecule has 0 atom stereocenters. The normalized spacial score (nSPS) is 9.94. The van der Waals surface area contributed by atoms with E-state index in [4.69, 9.17) is 0 Å². The van der Waals surface area contributed by atoms with Gasteiger partial charge in [-0.3, -0.25) is 4.79 Å². The number of hydrogen-bond acceptors (Lipinski definition) is 5. The van der Waals surface area contributed by atoms with Gasteiger partial charge in [-0.25, -0.2) is 4.98 Å². The van der Waals surface area contributed by atoms with E-state index in [1.54, 1.807) is 6.20 Å². The van der Waals surface area contributed by atoms with Crippen molar-refractivity contribution in [3.05, 3.63) is 41.4 Å². The van der Waals surface area contributed by atoms with Crippen molar-refractivity contribution in [1.29, 1.82) is 0 Å². The minimum absolute atomic E-state index is 0.231. The molecule has 0 aliphatic rings. The standard InChI is InChI=1S/C12H12N2O2S/c1-16-11(15)8-9-2-4-10(5-3-9)14-12-13-6-7-17-12/h2-7H,8H2,1H3,(H,13,14). The van der Waals surface area contributed by atoms with Crippen LogP contribution < -0.4 is 5.32 Å². The quantitative estimate of drug-likeness (QED) is 0.845. The molecule has 0 fully saturated rings. The van der Waals surface area contributed by atoms with E-state index < -0.39 is 0 Å². The second-order valence-electron chi connectivity index (χ2n) is 3.41. The van der Waals surface area contributed by atoms with Crippen molar-refractivity contribution in [2.75, 3.05) is 12.4 Å². The summed E-state index contributed by atoms with van der Waals surface area (Å²) in [7, 11) is 1.39. The summed E-state index contributed by atoms with van der Waals surface area (Å²) in [4.78, 5) is 15.2. The van der Waals surface area contributed by atoms with Crippen molar-refractivity contribution in [2.24, 2.45) is 0 Å². The summed E-state index contributed by atoms with van der Waals surface area (Å²) in [5.41, 5.74) is 1.88. The molecule has 1 heterocycles. The molecule has 0 saturated heterocycles. The molecule has 1 N–H and O–H groups in total. The van der Waals surface area contributed by atoms with Crippen molar-refractivity contribution in [2.45, 2.75) is 6.42 Å². The molecular formula is C12H12N2O2S. The van der Waals surface area contributed by atoms with Crippen LogP contribution in [0.2, 0.25) is 0 Å². The number of methoxy groups -OCH3 is 1. The molecule has 17 heavy (non-hydrogen) atoms. The molecule has 0 saturated carbocycles. The summed E-state index contributed by atoms with van der Waals surface area (Å²) in [5, 5.41) is 5.93. The zero-order valence-electron chi connectivity index (χ0n) is 9.34. The third-order valence-corrected chi connectivity index (χ3v) is 2.90. The molecule has 0 bridgehead atoms. The lowest BCUT2D eigenvalue weighted by Crippen LogP contribution is -2.04. The maximum Gasteiger partial charge on any atom is 0.309 e. The second kappa shape index (κ2) is 5.45. The Hall–Kier alpha value is -1.88. The second-order valence-corrected chi connectivity index (χ2v) is 4.31. The van der Waals surface area contributed by atoms with Gasteiger partial charge < -0.3 is 10.1 Å². The van der Waals surface area contributed by atoms with E-state index in [0.717, 1.165) is 16.4 Å². The van der Waals surface area contributed by atoms with Crippen LogP contribution in [0.25, 0.3) is 0 Å². The minimum Gasteiger partial charge on any atom is -0.469 e. The summed E-state index contributed by atoms with van der Waals surface area (Å²) in [6.45, 7) is 0. The van der Waals surface area contributed by atoms with Gasteiger partial charge in [-0.2, -0.15) is 0 Å². The summed E-state index contributed by atoms with van der Waals surface area (Å²) >= 11 is 1.54. The van der Waals surface area contributed by atoms with Crippen LogP contribution in [0.15, 0.2) is 35.8 Å². The summed E-state index contributed by atoms with van der Waals surface area (Å²) < 4.78 is 4.61. The van der Waals surface area contributed by atoms with E-state index in [9.17, 15) is 4.79 Å². The summed E-state index contributed by atoms with van der Waals surface area (Å²) in [5.74, 6) is -0.231. The van der Waals surface area contributed by atoms with Crippen LogP contribution in [-0.2, 0) is 16.0 Å². The van der Waals surface area contributed by atoms with Gasteiger partial charge in [0, 0.05) is 17.3 Å². The highest BCUT2D eigenvalue weighted by Gasteiger charge is 2.02. The predicted molar refractivity (Wildman–Crippen MR) is 67.6 cm³/mol. The molecule has 0 radical (unpaired) electrons. The van der Waals surface area contributed by atoms with Gasteiger partial charge in [0.1, 0.15) is 0 Å². The van der Waals surface area contributed by atoms with E-state index in [-0.39, 0.29) is 5.97 Å². The van der Waals surface area contributed by atoms with Gasteiger partial charge in [0.25, 0.3) is 0 Å². The molecular weight excluding hydrogens is 236 g/mol. The largest absolute Gasteiger partial charge is 0.469 e. The number of ether oxygens (including phenoxy) is 1. The average molecular weight is 248 g/mol. The number of nitrogens with one attached hydrogen (secondary N) is 1. The number of esters is 1. The number of anilines is 2. The Bertz CT molecular complexity index is 480. The SMILES string of the molecule is COC(=O)Cc1ccc(Nc2nccs2)cc1.